The van der Waals surface area contributed by atoms with Crippen LogP contribution in [0.1, 0.15) is 35.5 Å². The fourth-order valence-electron chi connectivity index (χ4n) is 3.11. The minimum atomic E-state index is -1.12. The zero-order chi connectivity index (χ0) is 22.0. The molecule has 1 atom stereocenters. The molecule has 1 amide bonds. The molecule has 0 aliphatic carbocycles. The summed E-state index contributed by atoms with van der Waals surface area (Å²) >= 11 is 0. The molecule has 154 valence electrons. The van der Waals surface area contributed by atoms with Crippen LogP contribution in [0.3, 0.4) is 0 Å². The lowest BCUT2D eigenvalue weighted by Gasteiger charge is -2.15. The van der Waals surface area contributed by atoms with E-state index in [1.165, 1.54) is 24.1 Å². The molecule has 0 radical (unpaired) electrons. The SMILES string of the molecule is C[C@@H](O)c1cc(F)cc(F)c1-c1ncccc1Cc1cc(C#N)n(C(=O)N(C)C)n1. The highest BCUT2D eigenvalue weighted by molar-refractivity contribution is 5.77. The lowest BCUT2D eigenvalue weighted by atomic mass is 9.95. The summed E-state index contributed by atoms with van der Waals surface area (Å²) in [5, 5.41) is 23.5. The quantitative estimate of drug-likeness (QED) is 0.711. The van der Waals surface area contributed by atoms with Gasteiger partial charge in [0.15, 0.2) is 0 Å². The summed E-state index contributed by atoms with van der Waals surface area (Å²) in [4.78, 5) is 17.8. The highest BCUT2D eigenvalue weighted by atomic mass is 19.1. The van der Waals surface area contributed by atoms with Gasteiger partial charge in [-0.2, -0.15) is 15.0 Å². The van der Waals surface area contributed by atoms with E-state index in [0.29, 0.717) is 11.3 Å². The van der Waals surface area contributed by atoms with Gasteiger partial charge in [0.25, 0.3) is 0 Å². The van der Waals surface area contributed by atoms with Crippen LogP contribution in [-0.2, 0) is 6.42 Å². The monoisotopic (exact) mass is 411 g/mol. The van der Waals surface area contributed by atoms with Crippen molar-refractivity contribution in [3.63, 3.8) is 0 Å². The average molecular weight is 411 g/mol. The molecule has 0 saturated carbocycles. The summed E-state index contributed by atoms with van der Waals surface area (Å²) in [6.07, 6.45) is 0.478. The van der Waals surface area contributed by atoms with Crippen LogP contribution in [0, 0.1) is 23.0 Å². The van der Waals surface area contributed by atoms with Gasteiger partial charge in [0.2, 0.25) is 0 Å². The molecule has 9 heteroatoms. The van der Waals surface area contributed by atoms with Crippen molar-refractivity contribution in [2.75, 3.05) is 14.1 Å². The second-order valence-corrected chi connectivity index (χ2v) is 6.94. The first-order valence-electron chi connectivity index (χ1n) is 9.05. The lowest BCUT2D eigenvalue weighted by Crippen LogP contribution is -2.29. The fraction of sp³-hybridized carbons (Fsp3) is 0.238. The normalized spacial score (nSPS) is 11.8. The number of nitrogens with zero attached hydrogens (tertiary/aromatic N) is 5. The summed E-state index contributed by atoms with van der Waals surface area (Å²) < 4.78 is 29.4. The van der Waals surface area contributed by atoms with E-state index in [0.717, 1.165) is 16.8 Å². The number of nitriles is 1. The Labute approximate surface area is 171 Å². The molecule has 0 aliphatic rings. The van der Waals surface area contributed by atoms with E-state index < -0.39 is 23.8 Å². The second-order valence-electron chi connectivity index (χ2n) is 6.94. The molecule has 0 aliphatic heterocycles. The number of aromatic nitrogens is 3. The Balaban J connectivity index is 2.10. The Hall–Kier alpha value is -3.64. The van der Waals surface area contributed by atoms with Gasteiger partial charge >= 0.3 is 6.03 Å². The van der Waals surface area contributed by atoms with Crippen molar-refractivity contribution < 1.29 is 18.7 Å². The zero-order valence-electron chi connectivity index (χ0n) is 16.6. The summed E-state index contributed by atoms with van der Waals surface area (Å²) in [5.41, 5.74) is 1.28. The van der Waals surface area contributed by atoms with Gasteiger partial charge in [-0.05, 0) is 36.2 Å². The molecule has 3 aromatic rings. The van der Waals surface area contributed by atoms with Crippen LogP contribution in [0.5, 0.6) is 0 Å². The summed E-state index contributed by atoms with van der Waals surface area (Å²) in [5.74, 6) is -1.65. The van der Waals surface area contributed by atoms with Crippen LogP contribution in [0.25, 0.3) is 11.3 Å². The Morgan fingerprint density at radius 3 is 2.70 bits per heavy atom. The summed E-state index contributed by atoms with van der Waals surface area (Å²) in [6, 6.07) is 8.05. The molecule has 7 nitrogen and oxygen atoms in total. The number of carbonyl (C=O) groups excluding carboxylic acids is 1. The van der Waals surface area contributed by atoms with Gasteiger partial charge in [0.05, 0.1) is 17.5 Å². The second kappa shape index (κ2) is 8.39. The van der Waals surface area contributed by atoms with E-state index in [1.54, 1.807) is 26.2 Å². The first-order chi connectivity index (χ1) is 14.2. The minimum Gasteiger partial charge on any atom is -0.389 e. The maximum Gasteiger partial charge on any atom is 0.345 e. The Morgan fingerprint density at radius 1 is 1.33 bits per heavy atom. The number of benzene rings is 1. The lowest BCUT2D eigenvalue weighted by molar-refractivity contribution is 0.199. The van der Waals surface area contributed by atoms with Crippen LogP contribution in [0.2, 0.25) is 0 Å². The number of hydrogen-bond acceptors (Lipinski definition) is 5. The molecule has 0 saturated heterocycles. The molecule has 30 heavy (non-hydrogen) atoms. The minimum absolute atomic E-state index is 0.00805. The van der Waals surface area contributed by atoms with Crippen molar-refractivity contribution in [2.24, 2.45) is 0 Å². The number of carbonyl (C=O) groups is 1. The summed E-state index contributed by atoms with van der Waals surface area (Å²) in [7, 11) is 3.08. The molecular formula is C21H19F2N5O2. The number of hydrogen-bond donors (Lipinski definition) is 1. The maximum atomic E-state index is 14.7. The molecule has 3 rings (SSSR count). The van der Waals surface area contributed by atoms with E-state index in [1.807, 2.05) is 6.07 Å². The van der Waals surface area contributed by atoms with E-state index >= 15 is 0 Å². The first kappa shape index (κ1) is 21.1. The van der Waals surface area contributed by atoms with Crippen molar-refractivity contribution in [1.82, 2.24) is 19.7 Å². The van der Waals surface area contributed by atoms with E-state index in [2.05, 4.69) is 10.1 Å². The highest BCUT2D eigenvalue weighted by Gasteiger charge is 2.22. The molecule has 0 fully saturated rings. The van der Waals surface area contributed by atoms with Gasteiger partial charge in [-0.15, -0.1) is 0 Å². The molecule has 0 unspecified atom stereocenters. The molecule has 2 aromatic heterocycles. The van der Waals surface area contributed by atoms with Crippen molar-refractivity contribution in [2.45, 2.75) is 19.4 Å². The maximum absolute atomic E-state index is 14.7. The van der Waals surface area contributed by atoms with Crippen LogP contribution >= 0.6 is 0 Å². The smallest absolute Gasteiger partial charge is 0.345 e. The number of pyridine rings is 1. The number of rotatable bonds is 4. The Morgan fingerprint density at radius 2 is 2.07 bits per heavy atom. The molecular weight excluding hydrogens is 392 g/mol. The number of halogens is 2. The average Bonchev–Trinajstić information content (AvgIpc) is 3.10. The first-order valence-corrected chi connectivity index (χ1v) is 9.05. The van der Waals surface area contributed by atoms with Crippen LogP contribution in [0.15, 0.2) is 36.5 Å². The standard InChI is InChI=1S/C21H19F2N5O2/c1-12(29)17-8-14(22)9-18(23)19(17)20-13(5-4-6-25-20)7-15-10-16(11-24)28(26-15)21(30)27(2)3/h4-6,8-10,12,29H,7H2,1-3H3/t12-/m1/s1. The third-order valence-electron chi connectivity index (χ3n) is 4.47. The molecule has 1 aromatic carbocycles. The van der Waals surface area contributed by atoms with E-state index in [-0.39, 0.29) is 28.9 Å². The van der Waals surface area contributed by atoms with Gasteiger partial charge in [0, 0.05) is 38.3 Å². The van der Waals surface area contributed by atoms with E-state index in [4.69, 9.17) is 0 Å². The van der Waals surface area contributed by atoms with Gasteiger partial charge < -0.3 is 10.0 Å². The largest absolute Gasteiger partial charge is 0.389 e. The predicted molar refractivity (Wildman–Crippen MR) is 104 cm³/mol. The molecule has 1 N–H and O–H groups in total. The fourth-order valence-corrected chi connectivity index (χ4v) is 3.11. The van der Waals surface area contributed by atoms with Crippen LogP contribution in [0.4, 0.5) is 13.6 Å². The van der Waals surface area contributed by atoms with Gasteiger partial charge in [-0.1, -0.05) is 6.07 Å². The summed E-state index contributed by atoms with van der Waals surface area (Å²) in [6.45, 7) is 1.41. The molecule has 0 bridgehead atoms. The Bertz CT molecular complexity index is 1150. The third-order valence-corrected chi connectivity index (χ3v) is 4.47. The van der Waals surface area contributed by atoms with Gasteiger partial charge in [-0.3, -0.25) is 4.98 Å². The van der Waals surface area contributed by atoms with Crippen LogP contribution in [-0.4, -0.2) is 44.9 Å². The number of amides is 1. The number of aliphatic hydroxyl groups is 1. The van der Waals surface area contributed by atoms with Crippen molar-refractivity contribution >= 4 is 6.03 Å². The topological polar surface area (TPSA) is 95.0 Å². The van der Waals surface area contributed by atoms with Gasteiger partial charge in [-0.25, -0.2) is 13.6 Å². The van der Waals surface area contributed by atoms with Gasteiger partial charge in [0.1, 0.15) is 23.4 Å². The number of aliphatic hydroxyl groups excluding tert-OH is 1. The molecule has 0 spiro atoms. The van der Waals surface area contributed by atoms with Crippen LogP contribution < -0.4 is 0 Å². The Kier molecular flexibility index (Phi) is 5.89. The predicted octanol–water partition coefficient (Wildman–Crippen LogP) is 3.27. The van der Waals surface area contributed by atoms with E-state index in [9.17, 15) is 23.9 Å². The third kappa shape index (κ3) is 4.04. The van der Waals surface area contributed by atoms with Crippen molar-refractivity contribution in [3.8, 4) is 17.3 Å². The molecule has 2 heterocycles. The highest BCUT2D eigenvalue weighted by Crippen LogP contribution is 2.33. The van der Waals surface area contributed by atoms with Crippen molar-refractivity contribution in [1.29, 1.82) is 5.26 Å². The van der Waals surface area contributed by atoms with Crippen molar-refractivity contribution in [3.05, 3.63) is 70.7 Å². The zero-order valence-corrected chi connectivity index (χ0v) is 16.6.